The molecule has 1 aromatic carbocycles. The van der Waals surface area contributed by atoms with Crippen molar-refractivity contribution in [1.82, 2.24) is 10.2 Å². The molecule has 2 rings (SSSR count). The van der Waals surface area contributed by atoms with Gasteiger partial charge in [0.15, 0.2) is 0 Å². The lowest BCUT2D eigenvalue weighted by atomic mass is 9.66. The fraction of sp³-hybridized carbons (Fsp3) is 0.600. The minimum atomic E-state index is -1.21. The molecule has 1 fully saturated rings. The Morgan fingerprint density at radius 1 is 1.30 bits per heavy atom. The summed E-state index contributed by atoms with van der Waals surface area (Å²) in [6.07, 6.45) is -0.154. The molecule has 7 heteroatoms. The Balaban J connectivity index is 2.23. The molecule has 3 atom stereocenters. The van der Waals surface area contributed by atoms with Gasteiger partial charge in [0.05, 0.1) is 5.60 Å². The molecule has 0 aromatic heterocycles. The smallest absolute Gasteiger partial charge is 0.405 e. The summed E-state index contributed by atoms with van der Waals surface area (Å²) in [5, 5.41) is 23.5. The molecule has 1 aliphatic rings. The molecular formula is C20H29ClN2O4. The summed E-state index contributed by atoms with van der Waals surface area (Å²) in [6.45, 7) is 8.31. The number of amides is 2. The molecule has 0 unspecified atom stereocenters. The number of aliphatic hydroxyl groups is 1. The molecule has 1 aliphatic heterocycles. The van der Waals surface area contributed by atoms with Crippen molar-refractivity contribution in [2.75, 3.05) is 13.1 Å². The van der Waals surface area contributed by atoms with Crippen molar-refractivity contribution >= 4 is 23.6 Å². The van der Waals surface area contributed by atoms with Crippen LogP contribution in [0.15, 0.2) is 24.3 Å². The molecular weight excluding hydrogens is 368 g/mol. The number of benzene rings is 1. The molecule has 2 amide bonds. The zero-order valence-corrected chi connectivity index (χ0v) is 17.1. The Morgan fingerprint density at radius 3 is 2.37 bits per heavy atom. The monoisotopic (exact) mass is 396 g/mol. The molecule has 150 valence electrons. The number of nitrogens with one attached hydrogen (secondary N) is 1. The Bertz CT molecular complexity index is 692. The first-order chi connectivity index (χ1) is 12.5. The molecule has 0 radical (unpaired) electrons. The number of carbonyl (C=O) groups excluding carboxylic acids is 1. The second kappa shape index (κ2) is 8.07. The summed E-state index contributed by atoms with van der Waals surface area (Å²) >= 11 is 5.96. The number of rotatable bonds is 5. The topological polar surface area (TPSA) is 89.9 Å². The number of hydrogen-bond acceptors (Lipinski definition) is 3. The lowest BCUT2D eigenvalue weighted by Crippen LogP contribution is -2.60. The van der Waals surface area contributed by atoms with Gasteiger partial charge in [-0.05, 0) is 30.0 Å². The van der Waals surface area contributed by atoms with E-state index in [1.165, 1.54) is 0 Å². The van der Waals surface area contributed by atoms with E-state index < -0.39 is 23.2 Å². The summed E-state index contributed by atoms with van der Waals surface area (Å²) in [5.74, 6) is -0.355. The van der Waals surface area contributed by atoms with Crippen molar-refractivity contribution in [2.45, 2.75) is 52.2 Å². The van der Waals surface area contributed by atoms with E-state index >= 15 is 0 Å². The van der Waals surface area contributed by atoms with Crippen LogP contribution in [0.4, 0.5) is 4.79 Å². The molecule has 27 heavy (non-hydrogen) atoms. The predicted molar refractivity (Wildman–Crippen MR) is 105 cm³/mol. The lowest BCUT2D eigenvalue weighted by Gasteiger charge is -2.51. The zero-order chi connectivity index (χ0) is 20.4. The van der Waals surface area contributed by atoms with Gasteiger partial charge in [-0.15, -0.1) is 0 Å². The minimum absolute atomic E-state index is 0.117. The third-order valence-electron chi connectivity index (χ3n) is 5.84. The number of halogens is 1. The largest absolute Gasteiger partial charge is 0.465 e. The highest BCUT2D eigenvalue weighted by Gasteiger charge is 2.50. The normalized spacial score (nSPS) is 24.1. The lowest BCUT2D eigenvalue weighted by molar-refractivity contribution is -0.155. The van der Waals surface area contributed by atoms with Crippen LogP contribution in [0, 0.1) is 11.3 Å². The van der Waals surface area contributed by atoms with E-state index in [4.69, 9.17) is 16.7 Å². The maximum absolute atomic E-state index is 13.0. The van der Waals surface area contributed by atoms with Gasteiger partial charge in [-0.2, -0.15) is 0 Å². The number of likely N-dealkylation sites (tertiary alicyclic amines) is 1. The van der Waals surface area contributed by atoms with E-state index in [0.29, 0.717) is 31.0 Å². The van der Waals surface area contributed by atoms with Gasteiger partial charge in [-0.3, -0.25) is 4.79 Å². The fourth-order valence-corrected chi connectivity index (χ4v) is 3.91. The maximum Gasteiger partial charge on any atom is 0.405 e. The van der Waals surface area contributed by atoms with Crippen LogP contribution in [0.5, 0.6) is 0 Å². The van der Waals surface area contributed by atoms with Crippen LogP contribution in [0.25, 0.3) is 0 Å². The standard InChI is InChI=1S/C20H29ClN2O4/c1-5-13(2)16(22-18(25)26)17(24)23-11-10-20(27,19(3,4)12-23)14-6-8-15(21)9-7-14/h6-9,13,16,22,27H,5,10-12H2,1-4H3,(H,25,26)/t13-,16+,20-/m0/s1. The second-order valence-electron chi connectivity index (χ2n) is 8.07. The third kappa shape index (κ3) is 4.38. The molecule has 1 heterocycles. The van der Waals surface area contributed by atoms with E-state index in [1.54, 1.807) is 17.0 Å². The van der Waals surface area contributed by atoms with Gasteiger partial charge in [-0.1, -0.05) is 57.8 Å². The highest BCUT2D eigenvalue weighted by atomic mass is 35.5. The van der Waals surface area contributed by atoms with Gasteiger partial charge < -0.3 is 20.4 Å². The van der Waals surface area contributed by atoms with E-state index in [9.17, 15) is 14.7 Å². The van der Waals surface area contributed by atoms with Gasteiger partial charge >= 0.3 is 6.09 Å². The Labute approximate surface area is 165 Å². The first-order valence-corrected chi connectivity index (χ1v) is 9.66. The van der Waals surface area contributed by atoms with Crippen molar-refractivity contribution in [3.8, 4) is 0 Å². The molecule has 0 aliphatic carbocycles. The number of piperidine rings is 1. The molecule has 0 saturated carbocycles. The highest BCUT2D eigenvalue weighted by molar-refractivity contribution is 6.30. The fourth-order valence-electron chi connectivity index (χ4n) is 3.78. The number of hydrogen-bond donors (Lipinski definition) is 3. The van der Waals surface area contributed by atoms with Gasteiger partial charge in [0, 0.05) is 23.5 Å². The molecule has 1 saturated heterocycles. The number of nitrogens with zero attached hydrogens (tertiary/aromatic N) is 1. The SMILES string of the molecule is CC[C@H](C)[C@@H](NC(=O)O)C(=O)N1CC[C@](O)(c2ccc(Cl)cc2)C(C)(C)C1. The molecule has 1 aromatic rings. The van der Waals surface area contributed by atoms with Crippen LogP contribution in [0.3, 0.4) is 0 Å². The third-order valence-corrected chi connectivity index (χ3v) is 6.09. The first-order valence-electron chi connectivity index (χ1n) is 9.28. The Kier molecular flexibility index (Phi) is 6.43. The van der Waals surface area contributed by atoms with Crippen molar-refractivity contribution in [2.24, 2.45) is 11.3 Å². The average molecular weight is 397 g/mol. The first kappa shape index (κ1) is 21.5. The molecule has 3 N–H and O–H groups in total. The molecule has 6 nitrogen and oxygen atoms in total. The van der Waals surface area contributed by atoms with Crippen LogP contribution in [-0.2, 0) is 10.4 Å². The Morgan fingerprint density at radius 2 is 1.89 bits per heavy atom. The number of carbonyl (C=O) groups is 2. The van der Waals surface area contributed by atoms with E-state index in [2.05, 4.69) is 5.32 Å². The van der Waals surface area contributed by atoms with Crippen molar-refractivity contribution in [1.29, 1.82) is 0 Å². The summed E-state index contributed by atoms with van der Waals surface area (Å²) in [5.41, 5.74) is -0.940. The van der Waals surface area contributed by atoms with Gasteiger partial charge in [0.25, 0.3) is 0 Å². The van der Waals surface area contributed by atoms with Crippen LogP contribution in [0.2, 0.25) is 5.02 Å². The van der Waals surface area contributed by atoms with E-state index in [1.807, 2.05) is 39.8 Å². The number of carboxylic acid groups (broad SMARTS) is 1. The zero-order valence-electron chi connectivity index (χ0n) is 16.3. The predicted octanol–water partition coefficient (Wildman–Crippen LogP) is 3.47. The van der Waals surface area contributed by atoms with E-state index in [-0.39, 0.29) is 11.8 Å². The van der Waals surface area contributed by atoms with E-state index in [0.717, 1.165) is 5.56 Å². The van der Waals surface area contributed by atoms with Crippen LogP contribution in [-0.4, -0.2) is 46.2 Å². The summed E-state index contributed by atoms with van der Waals surface area (Å²) in [6, 6.07) is 6.34. The van der Waals surface area contributed by atoms with Crippen LogP contribution >= 0.6 is 11.6 Å². The summed E-state index contributed by atoms with van der Waals surface area (Å²) < 4.78 is 0. The quantitative estimate of drug-likeness (QED) is 0.710. The maximum atomic E-state index is 13.0. The van der Waals surface area contributed by atoms with Crippen molar-refractivity contribution in [3.63, 3.8) is 0 Å². The van der Waals surface area contributed by atoms with Gasteiger partial charge in [-0.25, -0.2) is 4.79 Å². The second-order valence-corrected chi connectivity index (χ2v) is 8.51. The molecule has 0 spiro atoms. The van der Waals surface area contributed by atoms with Gasteiger partial charge in [0.1, 0.15) is 6.04 Å². The van der Waals surface area contributed by atoms with Crippen molar-refractivity contribution < 1.29 is 19.8 Å². The highest BCUT2D eigenvalue weighted by Crippen LogP contribution is 2.46. The average Bonchev–Trinajstić information content (AvgIpc) is 2.61. The summed E-state index contributed by atoms with van der Waals surface area (Å²) in [4.78, 5) is 25.8. The Hall–Kier alpha value is -1.79. The summed E-state index contributed by atoms with van der Waals surface area (Å²) in [7, 11) is 0. The van der Waals surface area contributed by atoms with Crippen LogP contribution < -0.4 is 5.32 Å². The van der Waals surface area contributed by atoms with Crippen molar-refractivity contribution in [3.05, 3.63) is 34.9 Å². The molecule has 0 bridgehead atoms. The van der Waals surface area contributed by atoms with Gasteiger partial charge in [0.2, 0.25) is 5.91 Å². The minimum Gasteiger partial charge on any atom is -0.465 e. The van der Waals surface area contributed by atoms with Crippen LogP contribution in [0.1, 0.15) is 46.1 Å².